The molecule has 2 saturated carbocycles. The molecule has 7 nitrogen and oxygen atoms in total. The van der Waals surface area contributed by atoms with E-state index in [2.05, 4.69) is 95.3 Å². The van der Waals surface area contributed by atoms with Crippen molar-refractivity contribution in [1.82, 2.24) is 0 Å². The first kappa shape index (κ1) is 33.1. The fraction of sp³-hybridized carbons (Fsp3) is 0.579. The highest BCUT2D eigenvalue weighted by molar-refractivity contribution is 6.99. The number of aliphatic hydroxyl groups excluding tert-OH is 1. The van der Waals surface area contributed by atoms with E-state index in [1.807, 2.05) is 6.08 Å². The molecule has 2 aromatic carbocycles. The molecule has 0 amide bonds. The first-order valence-corrected chi connectivity index (χ1v) is 18.8. The zero-order chi connectivity index (χ0) is 33.0. The number of carbonyl (C=O) groups excluding carboxylic acids is 2. The minimum atomic E-state index is -2.87. The third kappa shape index (κ3) is 5.49. The van der Waals surface area contributed by atoms with Crippen LogP contribution in [0.1, 0.15) is 73.6 Å². The molecule has 46 heavy (non-hydrogen) atoms. The van der Waals surface area contributed by atoms with Gasteiger partial charge >= 0.3 is 11.9 Å². The topological polar surface area (TPSA) is 94.6 Å². The van der Waals surface area contributed by atoms with Gasteiger partial charge in [-0.3, -0.25) is 4.79 Å². The highest BCUT2D eigenvalue weighted by Crippen LogP contribution is 2.67. The van der Waals surface area contributed by atoms with Crippen molar-refractivity contribution in [3.05, 3.63) is 72.3 Å². The Hall–Kier alpha value is -2.78. The van der Waals surface area contributed by atoms with Crippen molar-refractivity contribution >= 4 is 30.6 Å². The number of rotatable bonds is 8. The predicted octanol–water partition coefficient (Wildman–Crippen LogP) is 5.33. The molecule has 2 saturated heterocycles. The maximum Gasteiger partial charge on any atom is 0.336 e. The molecule has 2 aliphatic heterocycles. The SMILES string of the molecule is CC(=O)O[C@@H]1CC[C@]2(C)C(CC[C@@]3(CO3)[C@H]2C/C=C2/C(=O)OC[C@H]2O)[C@]1(C)CO[Si](c1ccccc1)(c1ccccc1)C(C)(C)C. The lowest BCUT2D eigenvalue weighted by molar-refractivity contribution is -0.195. The summed E-state index contributed by atoms with van der Waals surface area (Å²) in [7, 11) is -2.87. The van der Waals surface area contributed by atoms with E-state index in [0.29, 0.717) is 25.2 Å². The molecular weight excluding hydrogens is 596 g/mol. The molecule has 0 radical (unpaired) electrons. The molecule has 8 heteroatoms. The van der Waals surface area contributed by atoms with Gasteiger partial charge in [0, 0.05) is 18.9 Å². The summed E-state index contributed by atoms with van der Waals surface area (Å²) in [5.74, 6) is -0.386. The van der Waals surface area contributed by atoms with Crippen molar-refractivity contribution in [2.45, 2.75) is 96.5 Å². The van der Waals surface area contributed by atoms with Gasteiger partial charge < -0.3 is 23.7 Å². The standard InChI is InChI=1S/C38H50O7Si/c1-26(39)45-33-20-21-36(5)31(19-22-38(25-43-38)32(36)18-17-29-30(40)23-42-34(29)41)37(33,6)24-44-46(35(2,3)4,27-13-9-7-10-14-27)28-15-11-8-12-16-28/h7-17,30-33,40H,18-25H2,1-6H3/b29-17+/t30-,31?,32+,33-,36-,37+,38-/m1/s1. The summed E-state index contributed by atoms with van der Waals surface area (Å²) < 4.78 is 25.2. The molecule has 1 unspecified atom stereocenters. The van der Waals surface area contributed by atoms with Crippen molar-refractivity contribution in [3.8, 4) is 0 Å². The summed E-state index contributed by atoms with van der Waals surface area (Å²) in [6.45, 7) is 14.2. The van der Waals surface area contributed by atoms with Gasteiger partial charge in [0.25, 0.3) is 8.32 Å². The summed E-state index contributed by atoms with van der Waals surface area (Å²) in [6, 6.07) is 21.3. The average molecular weight is 647 g/mol. The van der Waals surface area contributed by atoms with E-state index in [-0.39, 0.29) is 46.6 Å². The Kier molecular flexibility index (Phi) is 8.66. The van der Waals surface area contributed by atoms with Crippen LogP contribution < -0.4 is 10.4 Å². The number of benzene rings is 2. The van der Waals surface area contributed by atoms with Crippen molar-refractivity contribution in [2.75, 3.05) is 19.8 Å². The van der Waals surface area contributed by atoms with Gasteiger partial charge in [-0.05, 0) is 64.8 Å². The molecule has 0 aromatic heterocycles. The van der Waals surface area contributed by atoms with Crippen LogP contribution in [0.3, 0.4) is 0 Å². The van der Waals surface area contributed by atoms with Crippen LogP contribution in [-0.2, 0) is 28.2 Å². The number of esters is 2. The maximum atomic E-state index is 12.6. The highest BCUT2D eigenvalue weighted by Gasteiger charge is 2.68. The van der Waals surface area contributed by atoms with Gasteiger partial charge in [0.1, 0.15) is 18.8 Å². The van der Waals surface area contributed by atoms with Crippen molar-refractivity contribution < 1.29 is 33.3 Å². The smallest absolute Gasteiger partial charge is 0.336 e. The number of aliphatic hydroxyl groups is 1. The number of allylic oxidation sites excluding steroid dienone is 1. The third-order valence-corrected chi connectivity index (χ3v) is 16.9. The first-order chi connectivity index (χ1) is 21.8. The van der Waals surface area contributed by atoms with E-state index in [9.17, 15) is 14.7 Å². The zero-order valence-electron chi connectivity index (χ0n) is 28.2. The van der Waals surface area contributed by atoms with Crippen molar-refractivity contribution in [3.63, 3.8) is 0 Å². The Morgan fingerprint density at radius 2 is 1.63 bits per heavy atom. The van der Waals surface area contributed by atoms with Gasteiger partial charge in [0.2, 0.25) is 0 Å². The summed E-state index contributed by atoms with van der Waals surface area (Å²) in [5, 5.41) is 12.7. The number of ether oxygens (including phenoxy) is 3. The quantitative estimate of drug-likeness (QED) is 0.179. The Bertz CT molecular complexity index is 1420. The van der Waals surface area contributed by atoms with Gasteiger partial charge in [-0.15, -0.1) is 0 Å². The lowest BCUT2D eigenvalue weighted by atomic mass is 9.45. The van der Waals surface area contributed by atoms with Gasteiger partial charge in [0.15, 0.2) is 0 Å². The molecular formula is C38H50O7Si. The highest BCUT2D eigenvalue weighted by atomic mass is 28.4. The van der Waals surface area contributed by atoms with Gasteiger partial charge in [-0.1, -0.05) is 101 Å². The van der Waals surface area contributed by atoms with Crippen molar-refractivity contribution in [1.29, 1.82) is 0 Å². The van der Waals surface area contributed by atoms with Crippen LogP contribution in [0.2, 0.25) is 5.04 Å². The molecule has 1 N–H and O–H groups in total. The minimum Gasteiger partial charge on any atom is -0.462 e. The average Bonchev–Trinajstić information content (AvgIpc) is 3.71. The lowest BCUT2D eigenvalue weighted by Gasteiger charge is -2.62. The van der Waals surface area contributed by atoms with Crippen LogP contribution in [0.4, 0.5) is 0 Å². The van der Waals surface area contributed by atoms with E-state index in [1.165, 1.54) is 17.3 Å². The van der Waals surface area contributed by atoms with Crippen LogP contribution in [0.15, 0.2) is 72.3 Å². The van der Waals surface area contributed by atoms with Gasteiger partial charge in [-0.25, -0.2) is 4.79 Å². The first-order valence-electron chi connectivity index (χ1n) is 16.9. The summed E-state index contributed by atoms with van der Waals surface area (Å²) in [5.41, 5.74) is -0.518. The number of cyclic esters (lactones) is 1. The largest absolute Gasteiger partial charge is 0.462 e. The molecule has 7 atom stereocenters. The zero-order valence-corrected chi connectivity index (χ0v) is 29.2. The van der Waals surface area contributed by atoms with E-state index in [0.717, 1.165) is 25.7 Å². The van der Waals surface area contributed by atoms with Crippen LogP contribution in [-0.4, -0.2) is 63.0 Å². The van der Waals surface area contributed by atoms with E-state index >= 15 is 0 Å². The maximum absolute atomic E-state index is 12.6. The van der Waals surface area contributed by atoms with Crippen LogP contribution in [0, 0.1) is 22.7 Å². The Morgan fingerprint density at radius 1 is 1.02 bits per heavy atom. The second-order valence-corrected chi connectivity index (χ2v) is 19.9. The van der Waals surface area contributed by atoms with Crippen LogP contribution >= 0.6 is 0 Å². The fourth-order valence-electron chi connectivity index (χ4n) is 9.63. The van der Waals surface area contributed by atoms with Gasteiger partial charge in [-0.2, -0.15) is 0 Å². The number of fused-ring (bicyclic) bond motifs is 1. The molecule has 4 aliphatic rings. The molecule has 248 valence electrons. The van der Waals surface area contributed by atoms with Crippen LogP contribution in [0.25, 0.3) is 0 Å². The monoisotopic (exact) mass is 646 g/mol. The Labute approximate surface area is 274 Å². The number of carbonyl (C=O) groups is 2. The molecule has 4 fully saturated rings. The van der Waals surface area contributed by atoms with Crippen molar-refractivity contribution in [2.24, 2.45) is 22.7 Å². The molecule has 6 rings (SSSR count). The van der Waals surface area contributed by atoms with E-state index < -0.39 is 25.8 Å². The molecule has 2 aliphatic carbocycles. The Balaban J connectivity index is 1.41. The molecule has 0 bridgehead atoms. The summed E-state index contributed by atoms with van der Waals surface area (Å²) in [6.07, 6.45) is 4.77. The second kappa shape index (κ2) is 12.0. The second-order valence-electron chi connectivity index (χ2n) is 15.6. The lowest BCUT2D eigenvalue weighted by Crippen LogP contribution is -2.69. The molecule has 2 heterocycles. The Morgan fingerprint density at radius 3 is 2.13 bits per heavy atom. The number of epoxide rings is 1. The minimum absolute atomic E-state index is 0.0125. The summed E-state index contributed by atoms with van der Waals surface area (Å²) >= 11 is 0. The number of hydrogen-bond acceptors (Lipinski definition) is 7. The van der Waals surface area contributed by atoms with Crippen LogP contribution in [0.5, 0.6) is 0 Å². The van der Waals surface area contributed by atoms with Gasteiger partial charge in [0.05, 0.1) is 17.8 Å². The summed E-state index contributed by atoms with van der Waals surface area (Å²) in [4.78, 5) is 25.0. The van der Waals surface area contributed by atoms with E-state index in [1.54, 1.807) is 0 Å². The fourth-order valence-corrected chi connectivity index (χ4v) is 14.3. The van der Waals surface area contributed by atoms with E-state index in [4.69, 9.17) is 18.6 Å². The normalized spacial score (nSPS) is 35.1. The molecule has 1 spiro atoms. The number of hydrogen-bond donors (Lipinski definition) is 1. The molecule has 2 aromatic rings. The third-order valence-electron chi connectivity index (χ3n) is 11.9. The predicted molar refractivity (Wildman–Crippen MR) is 179 cm³/mol.